The lowest BCUT2D eigenvalue weighted by molar-refractivity contribution is -0.140. The highest BCUT2D eigenvalue weighted by Gasteiger charge is 2.50. The molecule has 2 aliphatic carbocycles. The summed E-state index contributed by atoms with van der Waals surface area (Å²) < 4.78 is 4.65. The molecule has 0 spiro atoms. The van der Waals surface area contributed by atoms with Crippen molar-refractivity contribution in [2.45, 2.75) is 55.1 Å². The molecule has 2 bridgehead atoms. The molecule has 0 heterocycles. The first-order chi connectivity index (χ1) is 11.7. The van der Waals surface area contributed by atoms with Crippen LogP contribution in [0.1, 0.15) is 44.9 Å². The van der Waals surface area contributed by atoms with Crippen LogP contribution in [-0.4, -0.2) is 24.1 Å². The summed E-state index contributed by atoms with van der Waals surface area (Å²) in [5, 5.41) is 0.444. The van der Waals surface area contributed by atoms with E-state index in [1.54, 1.807) is 0 Å². The van der Waals surface area contributed by atoms with Crippen molar-refractivity contribution in [3.63, 3.8) is 0 Å². The van der Waals surface area contributed by atoms with Crippen molar-refractivity contribution in [2.24, 2.45) is 17.8 Å². The molecule has 0 aliphatic heterocycles. The van der Waals surface area contributed by atoms with Crippen LogP contribution in [0, 0.1) is 17.8 Å². The molecule has 0 unspecified atom stereocenters. The molecule has 2 aliphatic rings. The molecule has 3 rings (SSSR count). The molecule has 1 aromatic carbocycles. The summed E-state index contributed by atoms with van der Waals surface area (Å²) in [6.45, 7) is 0. The third-order valence-corrected chi connectivity index (χ3v) is 7.00. The number of esters is 1. The zero-order valence-corrected chi connectivity index (χ0v) is 15.1. The molecule has 24 heavy (non-hydrogen) atoms. The van der Waals surface area contributed by atoms with Gasteiger partial charge in [-0.2, -0.15) is 0 Å². The molecule has 0 aromatic heterocycles. The summed E-state index contributed by atoms with van der Waals surface area (Å²) in [6.07, 6.45) is 6.29. The van der Waals surface area contributed by atoms with Gasteiger partial charge in [-0.3, -0.25) is 9.59 Å². The van der Waals surface area contributed by atoms with Gasteiger partial charge in [0.2, 0.25) is 0 Å². The Bertz CT molecular complexity index is 572. The number of rotatable bonds is 8. The van der Waals surface area contributed by atoms with Crippen molar-refractivity contribution in [2.75, 3.05) is 7.11 Å². The normalized spacial score (nSPS) is 28.0. The van der Waals surface area contributed by atoms with Crippen LogP contribution in [0.5, 0.6) is 0 Å². The number of hydrogen-bond acceptors (Lipinski definition) is 4. The number of hydrogen-bond donors (Lipinski definition) is 0. The van der Waals surface area contributed by atoms with E-state index in [9.17, 15) is 9.59 Å². The standard InChI is InChI=1S/C20H26O3S/c1-23-18(22)10-6-5-9-17(21)19-14-11-12-15(13-14)20(19)24-16-7-3-2-4-8-16/h2-4,7-8,14-15,19-20H,5-6,9-13H2,1H3/t14-,15+,19+,20-/m0/s1. The van der Waals surface area contributed by atoms with E-state index in [0.717, 1.165) is 12.8 Å². The minimum Gasteiger partial charge on any atom is -0.469 e. The highest BCUT2D eigenvalue weighted by Crippen LogP contribution is 2.55. The maximum atomic E-state index is 12.8. The van der Waals surface area contributed by atoms with E-state index < -0.39 is 0 Å². The zero-order valence-electron chi connectivity index (χ0n) is 14.3. The van der Waals surface area contributed by atoms with Gasteiger partial charge in [-0.1, -0.05) is 18.2 Å². The first-order valence-corrected chi connectivity index (χ1v) is 9.88. The van der Waals surface area contributed by atoms with Crippen LogP contribution < -0.4 is 0 Å². The molecule has 3 nitrogen and oxygen atoms in total. The predicted molar refractivity (Wildman–Crippen MR) is 95.9 cm³/mol. The van der Waals surface area contributed by atoms with Crippen LogP contribution >= 0.6 is 11.8 Å². The fourth-order valence-electron chi connectivity index (χ4n) is 4.35. The molecule has 4 heteroatoms. The van der Waals surface area contributed by atoms with E-state index in [4.69, 9.17) is 0 Å². The summed E-state index contributed by atoms with van der Waals surface area (Å²) in [6, 6.07) is 10.5. The number of ketones is 1. The number of methoxy groups -OCH3 is 1. The summed E-state index contributed by atoms with van der Waals surface area (Å²) in [4.78, 5) is 25.3. The third-order valence-electron chi connectivity index (χ3n) is 5.51. The van der Waals surface area contributed by atoms with Crippen molar-refractivity contribution in [3.05, 3.63) is 30.3 Å². The van der Waals surface area contributed by atoms with Crippen molar-refractivity contribution in [1.29, 1.82) is 0 Å². The fraction of sp³-hybridized carbons (Fsp3) is 0.600. The number of Topliss-reactive ketones (excluding diaryl/α,β-unsaturated/α-hetero) is 1. The number of unbranched alkanes of at least 4 members (excludes halogenated alkanes) is 1. The summed E-state index contributed by atoms with van der Waals surface area (Å²) in [5.41, 5.74) is 0. The monoisotopic (exact) mass is 346 g/mol. The van der Waals surface area contributed by atoms with Crippen LogP contribution in [0.3, 0.4) is 0 Å². The lowest BCUT2D eigenvalue weighted by Crippen LogP contribution is -2.31. The van der Waals surface area contributed by atoms with Crippen molar-refractivity contribution >= 4 is 23.5 Å². The average Bonchev–Trinajstić information content (AvgIpc) is 3.20. The number of ether oxygens (including phenoxy) is 1. The maximum Gasteiger partial charge on any atom is 0.305 e. The Hall–Kier alpha value is -1.29. The lowest BCUT2D eigenvalue weighted by Gasteiger charge is -2.29. The van der Waals surface area contributed by atoms with Gasteiger partial charge in [-0.15, -0.1) is 11.8 Å². The van der Waals surface area contributed by atoms with E-state index in [1.807, 2.05) is 17.8 Å². The number of carbonyl (C=O) groups is 2. The molecule has 0 saturated heterocycles. The molecule has 2 saturated carbocycles. The number of fused-ring (bicyclic) bond motifs is 2. The fourth-order valence-corrected chi connectivity index (χ4v) is 5.94. The molecule has 1 aromatic rings. The van der Waals surface area contributed by atoms with E-state index in [0.29, 0.717) is 35.7 Å². The highest BCUT2D eigenvalue weighted by molar-refractivity contribution is 8.00. The molecule has 0 radical (unpaired) electrons. The molecule has 4 atom stereocenters. The number of carbonyl (C=O) groups excluding carboxylic acids is 2. The number of thioether (sulfide) groups is 1. The average molecular weight is 346 g/mol. The highest BCUT2D eigenvalue weighted by atomic mass is 32.2. The van der Waals surface area contributed by atoms with Gasteiger partial charge in [-0.05, 0) is 56.1 Å². The van der Waals surface area contributed by atoms with Gasteiger partial charge in [0.1, 0.15) is 5.78 Å². The van der Waals surface area contributed by atoms with Crippen LogP contribution in [-0.2, 0) is 14.3 Å². The van der Waals surface area contributed by atoms with Crippen LogP contribution in [0.15, 0.2) is 35.2 Å². The second-order valence-corrected chi connectivity index (χ2v) is 8.26. The Morgan fingerprint density at radius 3 is 2.54 bits per heavy atom. The van der Waals surface area contributed by atoms with Gasteiger partial charge < -0.3 is 4.74 Å². The summed E-state index contributed by atoms with van der Waals surface area (Å²) in [5.74, 6) is 1.74. The zero-order chi connectivity index (χ0) is 16.9. The maximum absolute atomic E-state index is 12.8. The van der Waals surface area contributed by atoms with Crippen LogP contribution in [0.2, 0.25) is 0 Å². The largest absolute Gasteiger partial charge is 0.469 e. The van der Waals surface area contributed by atoms with Gasteiger partial charge >= 0.3 is 5.97 Å². The Kier molecular flexibility index (Phi) is 5.99. The lowest BCUT2D eigenvalue weighted by atomic mass is 9.83. The SMILES string of the molecule is COC(=O)CCCCC(=O)[C@H]1[C@H]2CC[C@H](C2)[C@@H]1Sc1ccccc1. The van der Waals surface area contributed by atoms with Gasteiger partial charge in [0, 0.05) is 28.9 Å². The predicted octanol–water partition coefficient (Wildman–Crippen LogP) is 4.50. The molecule has 2 fully saturated rings. The molecule has 130 valence electrons. The molecular weight excluding hydrogens is 320 g/mol. The Morgan fingerprint density at radius 2 is 1.79 bits per heavy atom. The second-order valence-electron chi connectivity index (χ2n) is 7.00. The van der Waals surface area contributed by atoms with Crippen LogP contribution in [0.25, 0.3) is 0 Å². The first-order valence-electron chi connectivity index (χ1n) is 9.00. The van der Waals surface area contributed by atoms with Gasteiger partial charge in [0.15, 0.2) is 0 Å². The van der Waals surface area contributed by atoms with E-state index >= 15 is 0 Å². The van der Waals surface area contributed by atoms with E-state index in [2.05, 4.69) is 29.0 Å². The topological polar surface area (TPSA) is 43.4 Å². The smallest absolute Gasteiger partial charge is 0.305 e. The van der Waals surface area contributed by atoms with E-state index in [-0.39, 0.29) is 11.9 Å². The minimum absolute atomic E-state index is 0.181. The Balaban J connectivity index is 1.56. The van der Waals surface area contributed by atoms with Gasteiger partial charge in [0.25, 0.3) is 0 Å². The third kappa shape index (κ3) is 4.02. The summed E-state index contributed by atoms with van der Waals surface area (Å²) in [7, 11) is 1.41. The van der Waals surface area contributed by atoms with Gasteiger partial charge in [0.05, 0.1) is 7.11 Å². The van der Waals surface area contributed by atoms with E-state index in [1.165, 1.54) is 31.3 Å². The quantitative estimate of drug-likeness (QED) is 0.513. The molecular formula is C20H26O3S. The molecule has 0 N–H and O–H groups in total. The molecule has 0 amide bonds. The van der Waals surface area contributed by atoms with Crippen molar-refractivity contribution in [1.82, 2.24) is 0 Å². The Labute approximate surface area is 148 Å². The Morgan fingerprint density at radius 1 is 1.08 bits per heavy atom. The van der Waals surface area contributed by atoms with Crippen molar-refractivity contribution in [3.8, 4) is 0 Å². The van der Waals surface area contributed by atoms with Crippen LogP contribution in [0.4, 0.5) is 0 Å². The first kappa shape index (κ1) is 17.5. The minimum atomic E-state index is -0.181. The number of benzene rings is 1. The second kappa shape index (κ2) is 8.19. The van der Waals surface area contributed by atoms with Gasteiger partial charge in [-0.25, -0.2) is 0 Å². The summed E-state index contributed by atoms with van der Waals surface area (Å²) >= 11 is 1.90. The van der Waals surface area contributed by atoms with Crippen molar-refractivity contribution < 1.29 is 14.3 Å².